The molecule has 0 aliphatic carbocycles. The van der Waals surface area contributed by atoms with E-state index in [9.17, 15) is 4.79 Å². The molecule has 1 fully saturated rings. The first-order valence-corrected chi connectivity index (χ1v) is 6.80. The first kappa shape index (κ1) is 14.3. The Bertz CT molecular complexity index is 243. The highest BCUT2D eigenvalue weighted by molar-refractivity contribution is 5.74. The van der Waals surface area contributed by atoms with Gasteiger partial charge in [-0.05, 0) is 26.7 Å². The number of rotatable bonds is 5. The Hall–Kier alpha value is -0.770. The van der Waals surface area contributed by atoms with Crippen LogP contribution >= 0.6 is 0 Å². The predicted molar refractivity (Wildman–Crippen MR) is 71.2 cm³/mol. The number of unbranched alkanes of at least 4 members (excludes halogenated alkanes) is 1. The van der Waals surface area contributed by atoms with Crippen molar-refractivity contribution in [3.8, 4) is 0 Å². The average molecular weight is 241 g/mol. The van der Waals surface area contributed by atoms with Crippen LogP contribution in [0, 0.1) is 0 Å². The molecule has 1 heterocycles. The number of nitrogens with one attached hydrogen (secondary N) is 1. The highest BCUT2D eigenvalue weighted by atomic mass is 16.2. The fourth-order valence-corrected chi connectivity index (χ4v) is 2.16. The molecule has 1 atom stereocenters. The number of hydrogen-bond donors (Lipinski definition) is 1. The Labute approximate surface area is 105 Å². The lowest BCUT2D eigenvalue weighted by molar-refractivity contribution is 0.202. The molecule has 1 aliphatic heterocycles. The molecule has 1 aliphatic rings. The molecule has 0 bridgehead atoms. The number of carbonyl (C=O) groups is 1. The minimum Gasteiger partial charge on any atom is -0.334 e. The summed E-state index contributed by atoms with van der Waals surface area (Å²) in [4.78, 5) is 16.1. The standard InChI is InChI=1S/C13H27N3O/c1-5-6-8-15(4)13(17)14-12-7-9-16(10-12)11(2)3/h11-12H,5-10H2,1-4H3,(H,14,17). The first-order chi connectivity index (χ1) is 8.04. The molecule has 4 nitrogen and oxygen atoms in total. The van der Waals surface area contributed by atoms with Crippen LogP contribution < -0.4 is 5.32 Å². The van der Waals surface area contributed by atoms with Crippen LogP contribution in [0.25, 0.3) is 0 Å². The molecular formula is C13H27N3O. The van der Waals surface area contributed by atoms with E-state index in [4.69, 9.17) is 0 Å². The van der Waals surface area contributed by atoms with Crippen LogP contribution in [0.5, 0.6) is 0 Å². The van der Waals surface area contributed by atoms with Gasteiger partial charge in [-0.3, -0.25) is 4.90 Å². The summed E-state index contributed by atoms with van der Waals surface area (Å²) in [5, 5.41) is 3.12. The summed E-state index contributed by atoms with van der Waals surface area (Å²) in [5.41, 5.74) is 0. The van der Waals surface area contributed by atoms with Gasteiger partial charge in [0.25, 0.3) is 0 Å². The molecule has 100 valence electrons. The Morgan fingerprint density at radius 1 is 1.53 bits per heavy atom. The summed E-state index contributed by atoms with van der Waals surface area (Å²) >= 11 is 0. The molecule has 2 amide bonds. The number of amides is 2. The summed E-state index contributed by atoms with van der Waals surface area (Å²) in [6.45, 7) is 9.49. The van der Waals surface area contributed by atoms with E-state index in [1.165, 1.54) is 0 Å². The fourth-order valence-electron chi connectivity index (χ4n) is 2.16. The highest BCUT2D eigenvalue weighted by Gasteiger charge is 2.25. The molecule has 1 unspecified atom stereocenters. The molecule has 1 N–H and O–H groups in total. The lowest BCUT2D eigenvalue weighted by atomic mass is 10.2. The Balaban J connectivity index is 2.28. The van der Waals surface area contributed by atoms with E-state index in [1.54, 1.807) is 4.90 Å². The van der Waals surface area contributed by atoms with E-state index in [0.29, 0.717) is 12.1 Å². The van der Waals surface area contributed by atoms with Gasteiger partial charge in [0, 0.05) is 38.8 Å². The summed E-state index contributed by atoms with van der Waals surface area (Å²) in [5.74, 6) is 0. The Morgan fingerprint density at radius 3 is 2.76 bits per heavy atom. The normalized spacial score (nSPS) is 20.9. The smallest absolute Gasteiger partial charge is 0.317 e. The monoisotopic (exact) mass is 241 g/mol. The largest absolute Gasteiger partial charge is 0.334 e. The van der Waals surface area contributed by atoms with Crippen molar-refractivity contribution in [3.63, 3.8) is 0 Å². The molecule has 1 saturated heterocycles. The van der Waals surface area contributed by atoms with Gasteiger partial charge < -0.3 is 10.2 Å². The van der Waals surface area contributed by atoms with E-state index in [0.717, 1.165) is 38.9 Å². The summed E-state index contributed by atoms with van der Waals surface area (Å²) in [7, 11) is 1.88. The van der Waals surface area contributed by atoms with E-state index in [2.05, 4.69) is 31.0 Å². The molecule has 1 rings (SSSR count). The molecule has 0 radical (unpaired) electrons. The zero-order valence-electron chi connectivity index (χ0n) is 11.7. The Morgan fingerprint density at radius 2 is 2.24 bits per heavy atom. The third-order valence-corrected chi connectivity index (χ3v) is 3.47. The number of likely N-dealkylation sites (tertiary alicyclic amines) is 1. The van der Waals surface area contributed by atoms with Crippen LogP contribution in [0.3, 0.4) is 0 Å². The molecule has 0 aromatic carbocycles. The van der Waals surface area contributed by atoms with Crippen molar-refractivity contribution < 1.29 is 4.79 Å². The molecule has 0 aromatic heterocycles. The summed E-state index contributed by atoms with van der Waals surface area (Å²) in [6.07, 6.45) is 3.28. The van der Waals surface area contributed by atoms with Gasteiger partial charge in [0.15, 0.2) is 0 Å². The van der Waals surface area contributed by atoms with Crippen LogP contribution in [-0.2, 0) is 0 Å². The first-order valence-electron chi connectivity index (χ1n) is 6.80. The zero-order chi connectivity index (χ0) is 12.8. The minimum atomic E-state index is 0.0778. The number of hydrogen-bond acceptors (Lipinski definition) is 2. The summed E-state index contributed by atoms with van der Waals surface area (Å²) in [6, 6.07) is 0.984. The maximum absolute atomic E-state index is 11.9. The number of nitrogens with zero attached hydrogens (tertiary/aromatic N) is 2. The van der Waals surface area contributed by atoms with E-state index < -0.39 is 0 Å². The second-order valence-electron chi connectivity index (χ2n) is 5.30. The second-order valence-corrected chi connectivity index (χ2v) is 5.30. The van der Waals surface area contributed by atoms with E-state index in [1.807, 2.05) is 7.05 Å². The van der Waals surface area contributed by atoms with Crippen molar-refractivity contribution in [2.45, 2.75) is 52.1 Å². The maximum atomic E-state index is 11.9. The summed E-state index contributed by atoms with van der Waals surface area (Å²) < 4.78 is 0. The van der Waals surface area contributed by atoms with Crippen molar-refractivity contribution in [2.24, 2.45) is 0 Å². The lowest BCUT2D eigenvalue weighted by Crippen LogP contribution is -2.44. The van der Waals surface area contributed by atoms with Gasteiger partial charge in [-0.1, -0.05) is 13.3 Å². The topological polar surface area (TPSA) is 35.6 Å². The van der Waals surface area contributed by atoms with Gasteiger partial charge >= 0.3 is 6.03 Å². The number of carbonyl (C=O) groups excluding carboxylic acids is 1. The molecule has 17 heavy (non-hydrogen) atoms. The lowest BCUT2D eigenvalue weighted by Gasteiger charge is -2.22. The maximum Gasteiger partial charge on any atom is 0.317 e. The van der Waals surface area contributed by atoms with Crippen molar-refractivity contribution in [1.82, 2.24) is 15.1 Å². The SMILES string of the molecule is CCCCN(C)C(=O)NC1CCN(C(C)C)C1. The third-order valence-electron chi connectivity index (χ3n) is 3.47. The number of urea groups is 1. The fraction of sp³-hybridized carbons (Fsp3) is 0.923. The molecule has 0 spiro atoms. The quantitative estimate of drug-likeness (QED) is 0.798. The third kappa shape index (κ3) is 4.54. The molecule has 4 heteroatoms. The van der Waals surface area contributed by atoms with Crippen LogP contribution in [0.2, 0.25) is 0 Å². The Kier molecular flexibility index (Phi) is 5.75. The molecule has 0 aromatic rings. The van der Waals surface area contributed by atoms with Gasteiger partial charge in [0.1, 0.15) is 0 Å². The van der Waals surface area contributed by atoms with Crippen LogP contribution in [0.4, 0.5) is 4.79 Å². The van der Waals surface area contributed by atoms with Crippen molar-refractivity contribution >= 4 is 6.03 Å². The van der Waals surface area contributed by atoms with Gasteiger partial charge in [0.2, 0.25) is 0 Å². The minimum absolute atomic E-state index is 0.0778. The van der Waals surface area contributed by atoms with Crippen LogP contribution in [0.15, 0.2) is 0 Å². The highest BCUT2D eigenvalue weighted by Crippen LogP contribution is 2.12. The average Bonchev–Trinajstić information content (AvgIpc) is 2.74. The molecule has 0 saturated carbocycles. The van der Waals surface area contributed by atoms with Crippen molar-refractivity contribution in [3.05, 3.63) is 0 Å². The van der Waals surface area contributed by atoms with Crippen molar-refractivity contribution in [1.29, 1.82) is 0 Å². The van der Waals surface area contributed by atoms with Crippen LogP contribution in [-0.4, -0.2) is 54.6 Å². The van der Waals surface area contributed by atoms with E-state index >= 15 is 0 Å². The van der Waals surface area contributed by atoms with E-state index in [-0.39, 0.29) is 6.03 Å². The van der Waals surface area contributed by atoms with Crippen LogP contribution in [0.1, 0.15) is 40.0 Å². The second kappa shape index (κ2) is 6.84. The zero-order valence-corrected chi connectivity index (χ0v) is 11.7. The van der Waals surface area contributed by atoms with Gasteiger partial charge in [-0.15, -0.1) is 0 Å². The predicted octanol–water partition coefficient (Wildman–Crippen LogP) is 1.91. The van der Waals surface area contributed by atoms with Gasteiger partial charge in [0.05, 0.1) is 0 Å². The van der Waals surface area contributed by atoms with Gasteiger partial charge in [-0.25, -0.2) is 4.79 Å². The van der Waals surface area contributed by atoms with Crippen molar-refractivity contribution in [2.75, 3.05) is 26.7 Å². The van der Waals surface area contributed by atoms with Gasteiger partial charge in [-0.2, -0.15) is 0 Å². The molecular weight excluding hydrogens is 214 g/mol.